The van der Waals surface area contributed by atoms with Crippen molar-refractivity contribution in [3.63, 3.8) is 0 Å². The largest absolute Gasteiger partial charge is 0.391 e. The molecular weight excluding hydrogens is 286 g/mol. The Morgan fingerprint density at radius 3 is 3.10 bits per heavy atom. The normalized spacial score (nSPS) is 16.3. The first-order chi connectivity index (χ1) is 10.0. The minimum absolute atomic E-state index is 0.0888. The number of fused-ring (bicyclic) bond motifs is 1. The number of likely N-dealkylation sites (N-methyl/N-ethyl adjacent to an activating group) is 1. The summed E-state index contributed by atoms with van der Waals surface area (Å²) in [5, 5.41) is 12.0. The number of amides is 1. The van der Waals surface area contributed by atoms with Crippen LogP contribution in [0.25, 0.3) is 4.96 Å². The highest BCUT2D eigenvalue weighted by molar-refractivity contribution is 7.15. The summed E-state index contributed by atoms with van der Waals surface area (Å²) in [5.74, 6) is 0.497. The van der Waals surface area contributed by atoms with E-state index in [1.807, 2.05) is 13.1 Å². The lowest BCUT2D eigenvalue weighted by Gasteiger charge is -2.20. The molecule has 21 heavy (non-hydrogen) atoms. The summed E-state index contributed by atoms with van der Waals surface area (Å²) in [6, 6.07) is 0. The van der Waals surface area contributed by atoms with Gasteiger partial charge in [-0.2, -0.15) is 0 Å². The summed E-state index contributed by atoms with van der Waals surface area (Å²) in [5.41, 5.74) is 2.12. The van der Waals surface area contributed by atoms with E-state index in [-0.39, 0.29) is 12.0 Å². The quantitative estimate of drug-likeness (QED) is 0.886. The lowest BCUT2D eigenvalue weighted by Crippen LogP contribution is -2.35. The molecule has 1 unspecified atom stereocenters. The Kier molecular flexibility index (Phi) is 3.99. The van der Waals surface area contributed by atoms with E-state index in [0.29, 0.717) is 25.3 Å². The van der Waals surface area contributed by atoms with Gasteiger partial charge in [0.2, 0.25) is 5.91 Å². The summed E-state index contributed by atoms with van der Waals surface area (Å²) in [6.45, 7) is 2.43. The first-order valence-corrected chi connectivity index (χ1v) is 8.26. The third kappa shape index (κ3) is 3.27. The Hall–Kier alpha value is -1.40. The number of rotatable bonds is 6. The molecule has 1 aliphatic rings. The van der Waals surface area contributed by atoms with Gasteiger partial charge in [-0.3, -0.25) is 9.20 Å². The smallest absolute Gasteiger partial charge is 0.222 e. The Bertz CT molecular complexity index is 644. The van der Waals surface area contributed by atoms with Crippen molar-refractivity contribution in [3.8, 4) is 0 Å². The first-order valence-electron chi connectivity index (χ1n) is 7.38. The molecular formula is C15H21N3O2S. The van der Waals surface area contributed by atoms with Crippen LogP contribution in [0.15, 0.2) is 11.6 Å². The number of thiazole rings is 1. The second-order valence-electron chi connectivity index (χ2n) is 5.94. The minimum atomic E-state index is -0.358. The van der Waals surface area contributed by atoms with Crippen LogP contribution in [0.1, 0.15) is 30.7 Å². The highest BCUT2D eigenvalue weighted by atomic mass is 32.1. The number of nitrogens with zero attached hydrogens (tertiary/aromatic N) is 3. The standard InChI is InChI=1S/C15H21N3O2S/c1-10-7-18-12(9-21-15(18)16-10)5-6-14(20)17(2)8-13(19)11-3-4-11/h7,9,11,13,19H,3-6,8H2,1-2H3. The molecule has 114 valence electrons. The van der Waals surface area contributed by atoms with E-state index in [9.17, 15) is 9.90 Å². The van der Waals surface area contributed by atoms with Crippen LogP contribution in [0.2, 0.25) is 0 Å². The van der Waals surface area contributed by atoms with E-state index in [4.69, 9.17) is 0 Å². The third-order valence-corrected chi connectivity index (χ3v) is 4.94. The maximum atomic E-state index is 12.2. The number of hydrogen-bond donors (Lipinski definition) is 1. The van der Waals surface area contributed by atoms with Crippen LogP contribution in [0.4, 0.5) is 0 Å². The molecule has 1 amide bonds. The summed E-state index contributed by atoms with van der Waals surface area (Å²) >= 11 is 1.60. The number of aromatic nitrogens is 2. The van der Waals surface area contributed by atoms with Crippen molar-refractivity contribution in [2.75, 3.05) is 13.6 Å². The molecule has 0 aliphatic heterocycles. The fourth-order valence-corrected chi connectivity index (χ4v) is 3.51. The Labute approximate surface area is 128 Å². The van der Waals surface area contributed by atoms with Crippen molar-refractivity contribution in [3.05, 3.63) is 23.0 Å². The number of aliphatic hydroxyl groups excluding tert-OH is 1. The summed E-state index contributed by atoms with van der Waals surface area (Å²) in [7, 11) is 1.78. The van der Waals surface area contributed by atoms with Gasteiger partial charge in [0.25, 0.3) is 0 Å². The summed E-state index contributed by atoms with van der Waals surface area (Å²) in [6.07, 6.45) is 5.01. The van der Waals surface area contributed by atoms with Crippen LogP contribution in [0.5, 0.6) is 0 Å². The predicted octanol–water partition coefficient (Wildman–Crippen LogP) is 1.87. The van der Waals surface area contributed by atoms with Crippen LogP contribution >= 0.6 is 11.3 Å². The highest BCUT2D eigenvalue weighted by Gasteiger charge is 2.31. The van der Waals surface area contributed by atoms with Crippen molar-refractivity contribution in [1.82, 2.24) is 14.3 Å². The number of imidazole rings is 1. The number of carbonyl (C=O) groups excluding carboxylic acids is 1. The zero-order chi connectivity index (χ0) is 15.0. The molecule has 5 nitrogen and oxygen atoms in total. The van der Waals surface area contributed by atoms with Crippen molar-refractivity contribution < 1.29 is 9.90 Å². The Morgan fingerprint density at radius 2 is 2.38 bits per heavy atom. The molecule has 0 bridgehead atoms. The molecule has 2 aromatic heterocycles. The maximum Gasteiger partial charge on any atom is 0.222 e. The molecule has 2 aromatic rings. The Morgan fingerprint density at radius 1 is 1.62 bits per heavy atom. The fourth-order valence-electron chi connectivity index (χ4n) is 2.56. The van der Waals surface area contributed by atoms with Crippen molar-refractivity contribution in [1.29, 1.82) is 0 Å². The first kappa shape index (κ1) is 14.5. The summed E-state index contributed by atoms with van der Waals surface area (Å²) in [4.78, 5) is 19.2. The van der Waals surface area contributed by atoms with Crippen molar-refractivity contribution in [2.24, 2.45) is 5.92 Å². The average Bonchev–Trinajstić information content (AvgIpc) is 3.14. The molecule has 2 heterocycles. The molecule has 1 N–H and O–H groups in total. The number of carbonyl (C=O) groups is 1. The molecule has 3 rings (SSSR count). The van der Waals surface area contributed by atoms with E-state index in [2.05, 4.69) is 14.8 Å². The Balaban J connectivity index is 1.54. The second-order valence-corrected chi connectivity index (χ2v) is 6.78. The van der Waals surface area contributed by atoms with E-state index < -0.39 is 0 Å². The van der Waals surface area contributed by atoms with Gasteiger partial charge in [-0.15, -0.1) is 11.3 Å². The molecule has 0 radical (unpaired) electrons. The molecule has 6 heteroatoms. The number of hydrogen-bond acceptors (Lipinski definition) is 4. The second kappa shape index (κ2) is 5.77. The lowest BCUT2D eigenvalue weighted by atomic mass is 10.2. The van der Waals surface area contributed by atoms with Crippen LogP contribution < -0.4 is 0 Å². The van der Waals surface area contributed by atoms with E-state index in [1.54, 1.807) is 23.3 Å². The maximum absolute atomic E-state index is 12.2. The van der Waals surface area contributed by atoms with E-state index >= 15 is 0 Å². The lowest BCUT2D eigenvalue weighted by molar-refractivity contribution is -0.131. The molecule has 1 atom stereocenters. The monoisotopic (exact) mass is 307 g/mol. The molecule has 0 saturated heterocycles. The fraction of sp³-hybridized carbons (Fsp3) is 0.600. The minimum Gasteiger partial charge on any atom is -0.391 e. The van der Waals surface area contributed by atoms with Gasteiger partial charge in [-0.25, -0.2) is 4.98 Å². The van der Waals surface area contributed by atoms with Gasteiger partial charge in [0.05, 0.1) is 11.8 Å². The van der Waals surface area contributed by atoms with Gasteiger partial charge >= 0.3 is 0 Å². The van der Waals surface area contributed by atoms with Crippen LogP contribution in [-0.2, 0) is 11.2 Å². The van der Waals surface area contributed by atoms with Gasteiger partial charge in [0, 0.05) is 37.3 Å². The zero-order valence-corrected chi connectivity index (χ0v) is 13.3. The van der Waals surface area contributed by atoms with Crippen LogP contribution in [-0.4, -0.2) is 45.0 Å². The molecule has 1 aliphatic carbocycles. The third-order valence-electron chi connectivity index (χ3n) is 4.05. The number of aliphatic hydroxyl groups is 1. The molecule has 1 saturated carbocycles. The van der Waals surface area contributed by atoms with Crippen LogP contribution in [0.3, 0.4) is 0 Å². The van der Waals surface area contributed by atoms with Gasteiger partial charge < -0.3 is 10.0 Å². The molecule has 1 fully saturated rings. The SMILES string of the molecule is Cc1cn2c(CCC(=O)N(C)CC(O)C3CC3)csc2n1. The van der Waals surface area contributed by atoms with Crippen LogP contribution in [0, 0.1) is 12.8 Å². The van der Waals surface area contributed by atoms with Gasteiger partial charge in [0.1, 0.15) is 0 Å². The molecule has 0 spiro atoms. The topological polar surface area (TPSA) is 57.8 Å². The zero-order valence-electron chi connectivity index (χ0n) is 12.5. The van der Waals surface area contributed by atoms with Crippen molar-refractivity contribution >= 4 is 22.2 Å². The number of aryl methyl sites for hydroxylation is 2. The average molecular weight is 307 g/mol. The van der Waals surface area contributed by atoms with E-state index in [1.165, 1.54) is 0 Å². The molecule has 0 aromatic carbocycles. The van der Waals surface area contributed by atoms with Gasteiger partial charge in [0.15, 0.2) is 4.96 Å². The predicted molar refractivity (Wildman–Crippen MR) is 82.5 cm³/mol. The van der Waals surface area contributed by atoms with E-state index in [0.717, 1.165) is 29.2 Å². The van der Waals surface area contributed by atoms with Gasteiger partial charge in [-0.05, 0) is 32.1 Å². The van der Waals surface area contributed by atoms with Crippen molar-refractivity contribution in [2.45, 2.75) is 38.7 Å². The highest BCUT2D eigenvalue weighted by Crippen LogP contribution is 2.32. The van der Waals surface area contributed by atoms with Gasteiger partial charge in [-0.1, -0.05) is 0 Å². The summed E-state index contributed by atoms with van der Waals surface area (Å²) < 4.78 is 2.06.